The average Bonchev–Trinajstić information content (AvgIpc) is 3.18. The summed E-state index contributed by atoms with van der Waals surface area (Å²) in [7, 11) is 1.89. The van der Waals surface area contributed by atoms with Crippen LogP contribution in [-0.2, 0) is 6.18 Å². The molecule has 4 rings (SSSR count). The van der Waals surface area contributed by atoms with Crippen LogP contribution in [0.4, 0.5) is 13.2 Å². The Morgan fingerprint density at radius 1 is 1.24 bits per heavy atom. The molecule has 1 fully saturated rings. The van der Waals surface area contributed by atoms with E-state index in [0.717, 1.165) is 27.8 Å². The van der Waals surface area contributed by atoms with E-state index in [1.165, 1.54) is 11.3 Å². The van der Waals surface area contributed by atoms with E-state index in [0.29, 0.717) is 23.4 Å². The highest BCUT2D eigenvalue weighted by atomic mass is 32.1. The summed E-state index contributed by atoms with van der Waals surface area (Å²) in [6.07, 6.45) is -0.962. The molecule has 0 radical (unpaired) electrons. The van der Waals surface area contributed by atoms with Gasteiger partial charge < -0.3 is 10.1 Å². The number of aryl methyl sites for hydroxylation is 1. The summed E-state index contributed by atoms with van der Waals surface area (Å²) in [5.74, 6) is -1.14. The quantitative estimate of drug-likeness (QED) is 0.560. The predicted molar refractivity (Wildman–Crippen MR) is 115 cm³/mol. The number of carbonyl (C=O) groups is 1. The average molecular weight is 479 g/mol. The van der Waals surface area contributed by atoms with E-state index in [4.69, 9.17) is 4.74 Å². The van der Waals surface area contributed by atoms with Gasteiger partial charge in [0.1, 0.15) is 10.8 Å². The number of hydrazine groups is 1. The van der Waals surface area contributed by atoms with E-state index < -0.39 is 23.9 Å². The summed E-state index contributed by atoms with van der Waals surface area (Å²) in [5.41, 5.74) is 4.49. The van der Waals surface area contributed by atoms with E-state index in [2.05, 4.69) is 25.7 Å². The fourth-order valence-corrected chi connectivity index (χ4v) is 3.94. The number of carbonyl (C=O) groups excluding carboxylic acids is 1. The number of nitrogens with zero attached hydrogens (tertiary/aromatic N) is 4. The first kappa shape index (κ1) is 23.1. The first-order valence-corrected chi connectivity index (χ1v) is 10.8. The Kier molecular flexibility index (Phi) is 6.32. The molecule has 2 N–H and O–H groups in total. The van der Waals surface area contributed by atoms with Gasteiger partial charge in [-0.2, -0.15) is 13.2 Å². The molecule has 12 heteroatoms. The second-order valence-corrected chi connectivity index (χ2v) is 8.91. The molecule has 2 aromatic heterocycles. The Balaban J connectivity index is 1.55. The SMILES string of the molecule is Cc1cnc(-c2cc(OC3CN(C)N3)cc(C(=O)NC(C)c3cnc(C(F)(F)F)nc3)c2)s1. The van der Waals surface area contributed by atoms with Gasteiger partial charge in [-0.15, -0.1) is 11.3 Å². The number of aromatic nitrogens is 3. The molecule has 1 saturated heterocycles. The summed E-state index contributed by atoms with van der Waals surface area (Å²) >= 11 is 1.49. The van der Waals surface area contributed by atoms with Crippen LogP contribution in [0.1, 0.15) is 39.6 Å². The fourth-order valence-electron chi connectivity index (χ4n) is 3.18. The van der Waals surface area contributed by atoms with Crippen LogP contribution in [0.3, 0.4) is 0 Å². The molecule has 2 unspecified atom stereocenters. The maximum Gasteiger partial charge on any atom is 0.451 e. The van der Waals surface area contributed by atoms with Crippen LogP contribution in [0, 0.1) is 6.92 Å². The van der Waals surface area contributed by atoms with E-state index in [-0.39, 0.29) is 6.23 Å². The number of alkyl halides is 3. The predicted octanol–water partition coefficient (Wildman–Crippen LogP) is 3.57. The lowest BCUT2D eigenvalue weighted by Crippen LogP contribution is -2.62. The number of hydrogen-bond donors (Lipinski definition) is 2. The molecule has 1 aliphatic heterocycles. The smallest absolute Gasteiger partial charge is 0.451 e. The Bertz CT molecular complexity index is 1150. The first-order chi connectivity index (χ1) is 15.6. The third-order valence-corrected chi connectivity index (χ3v) is 5.85. The van der Waals surface area contributed by atoms with Gasteiger partial charge in [0, 0.05) is 47.2 Å². The Labute approximate surface area is 191 Å². The van der Waals surface area contributed by atoms with Crippen LogP contribution >= 0.6 is 11.3 Å². The summed E-state index contributed by atoms with van der Waals surface area (Å²) in [6.45, 7) is 4.27. The minimum Gasteiger partial charge on any atom is -0.473 e. The summed E-state index contributed by atoms with van der Waals surface area (Å²) in [5, 5.41) is 5.39. The number of rotatable bonds is 6. The van der Waals surface area contributed by atoms with Gasteiger partial charge in [0.15, 0.2) is 6.23 Å². The number of nitrogens with one attached hydrogen (secondary N) is 2. The molecule has 8 nitrogen and oxygen atoms in total. The summed E-state index contributed by atoms with van der Waals surface area (Å²) < 4.78 is 44.0. The fraction of sp³-hybridized carbons (Fsp3) is 0.333. The highest BCUT2D eigenvalue weighted by molar-refractivity contribution is 7.14. The van der Waals surface area contributed by atoms with Crippen molar-refractivity contribution in [3.05, 3.63) is 58.6 Å². The molecule has 0 aliphatic carbocycles. The minimum atomic E-state index is -4.62. The molecule has 3 heterocycles. The van der Waals surface area contributed by atoms with Crippen molar-refractivity contribution in [2.24, 2.45) is 0 Å². The number of amides is 1. The highest BCUT2D eigenvalue weighted by Gasteiger charge is 2.34. The zero-order chi connectivity index (χ0) is 23.8. The van der Waals surface area contributed by atoms with Gasteiger partial charge in [0.05, 0.1) is 12.6 Å². The maximum atomic E-state index is 13.0. The number of benzene rings is 1. The van der Waals surface area contributed by atoms with Gasteiger partial charge in [-0.25, -0.2) is 25.4 Å². The van der Waals surface area contributed by atoms with Crippen molar-refractivity contribution in [3.8, 4) is 16.3 Å². The Morgan fingerprint density at radius 3 is 2.52 bits per heavy atom. The third kappa shape index (κ3) is 5.46. The Morgan fingerprint density at radius 2 is 1.94 bits per heavy atom. The molecule has 1 aromatic carbocycles. The number of likely N-dealkylation sites (N-methyl/N-ethyl adjacent to an activating group) is 1. The van der Waals surface area contributed by atoms with E-state index in [9.17, 15) is 18.0 Å². The van der Waals surface area contributed by atoms with Gasteiger partial charge in [-0.1, -0.05) is 0 Å². The van der Waals surface area contributed by atoms with Crippen LogP contribution in [-0.4, -0.2) is 45.7 Å². The molecule has 174 valence electrons. The second kappa shape index (κ2) is 9.04. The summed E-state index contributed by atoms with van der Waals surface area (Å²) in [4.78, 5) is 25.1. The largest absolute Gasteiger partial charge is 0.473 e. The minimum absolute atomic E-state index is 0.206. The van der Waals surface area contributed by atoms with Crippen molar-refractivity contribution < 1.29 is 22.7 Å². The third-order valence-electron chi connectivity index (χ3n) is 4.89. The van der Waals surface area contributed by atoms with Crippen molar-refractivity contribution >= 4 is 17.2 Å². The molecular weight excluding hydrogens is 457 g/mol. The van der Waals surface area contributed by atoms with E-state index in [1.807, 2.05) is 25.0 Å². The van der Waals surface area contributed by atoms with Gasteiger partial charge in [-0.3, -0.25) is 4.79 Å². The lowest BCUT2D eigenvalue weighted by Gasteiger charge is -2.37. The van der Waals surface area contributed by atoms with Gasteiger partial charge >= 0.3 is 6.18 Å². The van der Waals surface area contributed by atoms with E-state index >= 15 is 0 Å². The molecule has 0 saturated carbocycles. The van der Waals surface area contributed by atoms with Crippen molar-refractivity contribution in [3.63, 3.8) is 0 Å². The molecule has 0 spiro atoms. The standard InChI is InChI=1S/C21H21F3N6O2S/c1-11-7-25-19(33-11)14-4-13(5-16(6-14)32-17-10-30(3)29-17)18(31)28-12(2)15-8-26-20(27-9-15)21(22,23)24/h4-9,12,17,29H,10H2,1-3H3,(H,28,31). The topological polar surface area (TPSA) is 92.3 Å². The molecule has 2 atom stereocenters. The van der Waals surface area contributed by atoms with Gasteiger partial charge in [0.25, 0.3) is 5.91 Å². The molecular formula is C21H21F3N6O2S. The van der Waals surface area contributed by atoms with Crippen LogP contribution in [0.2, 0.25) is 0 Å². The van der Waals surface area contributed by atoms with Gasteiger partial charge in [0.2, 0.25) is 5.82 Å². The maximum absolute atomic E-state index is 13.0. The van der Waals surface area contributed by atoms with Crippen molar-refractivity contribution in [1.82, 2.24) is 30.7 Å². The van der Waals surface area contributed by atoms with E-state index in [1.54, 1.807) is 25.3 Å². The second-order valence-electron chi connectivity index (χ2n) is 7.67. The van der Waals surface area contributed by atoms with Gasteiger partial charge in [-0.05, 0) is 32.0 Å². The molecule has 0 bridgehead atoms. The van der Waals surface area contributed by atoms with Crippen LogP contribution in [0.5, 0.6) is 5.75 Å². The number of hydrogen-bond acceptors (Lipinski definition) is 8. The number of ether oxygens (including phenoxy) is 1. The number of halogens is 3. The number of thiazole rings is 1. The lowest BCUT2D eigenvalue weighted by atomic mass is 10.1. The Hall–Kier alpha value is -3.09. The van der Waals surface area contributed by atoms with Crippen LogP contribution in [0.25, 0.3) is 10.6 Å². The highest BCUT2D eigenvalue weighted by Crippen LogP contribution is 2.31. The monoisotopic (exact) mass is 478 g/mol. The summed E-state index contributed by atoms with van der Waals surface area (Å²) in [6, 6.07) is 4.53. The van der Waals surface area contributed by atoms with Crippen LogP contribution < -0.4 is 15.5 Å². The lowest BCUT2D eigenvalue weighted by molar-refractivity contribution is -0.145. The van der Waals surface area contributed by atoms with Crippen LogP contribution in [0.15, 0.2) is 36.8 Å². The zero-order valence-corrected chi connectivity index (χ0v) is 18.8. The normalized spacial score (nSPS) is 17.3. The van der Waals surface area contributed by atoms with Crippen molar-refractivity contribution in [1.29, 1.82) is 0 Å². The zero-order valence-electron chi connectivity index (χ0n) is 18.0. The molecule has 33 heavy (non-hydrogen) atoms. The molecule has 1 amide bonds. The molecule has 3 aromatic rings. The van der Waals surface area contributed by atoms with Crippen molar-refractivity contribution in [2.75, 3.05) is 13.6 Å². The molecule has 1 aliphatic rings. The van der Waals surface area contributed by atoms with Crippen molar-refractivity contribution in [2.45, 2.75) is 32.3 Å². The first-order valence-electron chi connectivity index (χ1n) is 10.0.